The smallest absolute Gasteiger partial charge is 0.175 e. The summed E-state index contributed by atoms with van der Waals surface area (Å²) in [5.41, 5.74) is 2.75. The van der Waals surface area contributed by atoms with E-state index in [4.69, 9.17) is 18.9 Å². The average Bonchev–Trinajstić information content (AvgIpc) is 3.19. The summed E-state index contributed by atoms with van der Waals surface area (Å²) < 4.78 is 38.1. The first-order valence-corrected chi connectivity index (χ1v) is 11.9. The third kappa shape index (κ3) is 4.06. The first-order valence-electron chi connectivity index (χ1n) is 11.9. The Morgan fingerprint density at radius 2 is 1.91 bits per heavy atom. The van der Waals surface area contributed by atoms with E-state index in [9.17, 15) is 0 Å². The molecule has 2 saturated heterocycles. The lowest BCUT2D eigenvalue weighted by atomic mass is 9.78. The predicted molar refractivity (Wildman–Crippen MR) is 131 cm³/mol. The summed E-state index contributed by atoms with van der Waals surface area (Å²) in [6.45, 7) is 7.53. The van der Waals surface area contributed by atoms with Gasteiger partial charge >= 0.3 is 0 Å². The van der Waals surface area contributed by atoms with Gasteiger partial charge in [-0.25, -0.2) is 4.39 Å². The van der Waals surface area contributed by atoms with Crippen molar-refractivity contribution in [2.45, 2.75) is 13.3 Å². The zero-order valence-corrected chi connectivity index (χ0v) is 19.9. The van der Waals surface area contributed by atoms with Crippen molar-refractivity contribution in [3.8, 4) is 23.0 Å². The number of H-pyrrole nitrogens is 1. The van der Waals surface area contributed by atoms with Crippen LogP contribution in [0, 0.1) is 18.2 Å². The molecule has 0 radical (unpaired) electrons. The maximum Gasteiger partial charge on any atom is 0.175 e. The quantitative estimate of drug-likeness (QED) is 0.358. The second-order valence-corrected chi connectivity index (χ2v) is 9.63. The van der Waals surface area contributed by atoms with Gasteiger partial charge in [0, 0.05) is 59.3 Å². The fraction of sp³-hybridized carbons (Fsp3) is 0.370. The fourth-order valence-corrected chi connectivity index (χ4v) is 5.08. The number of nitrogens with one attached hydrogen (secondary N) is 1. The van der Waals surface area contributed by atoms with Crippen LogP contribution in [0.25, 0.3) is 21.8 Å². The molecule has 2 aliphatic rings. The number of aromatic amines is 1. The van der Waals surface area contributed by atoms with Gasteiger partial charge in [0.05, 0.1) is 32.4 Å². The van der Waals surface area contributed by atoms with E-state index in [1.807, 2.05) is 25.1 Å². The van der Waals surface area contributed by atoms with E-state index in [0.29, 0.717) is 40.2 Å². The first-order chi connectivity index (χ1) is 17.0. The zero-order chi connectivity index (χ0) is 24.0. The van der Waals surface area contributed by atoms with Gasteiger partial charge in [-0.3, -0.25) is 4.98 Å². The summed E-state index contributed by atoms with van der Waals surface area (Å²) in [5.74, 6) is 1.47. The normalized spacial score (nSPS) is 16.9. The highest BCUT2D eigenvalue weighted by Gasteiger charge is 2.48. The topological polar surface area (TPSA) is 68.8 Å². The lowest BCUT2D eigenvalue weighted by Gasteiger charge is -2.55. The first kappa shape index (κ1) is 22.1. The second-order valence-electron chi connectivity index (χ2n) is 9.63. The van der Waals surface area contributed by atoms with Crippen LogP contribution in [0.4, 0.5) is 4.39 Å². The van der Waals surface area contributed by atoms with E-state index in [1.54, 1.807) is 31.5 Å². The van der Waals surface area contributed by atoms with Crippen molar-refractivity contribution in [2.75, 3.05) is 46.6 Å². The molecule has 6 rings (SSSR count). The minimum absolute atomic E-state index is 0.157. The van der Waals surface area contributed by atoms with Crippen LogP contribution < -0.4 is 14.2 Å². The predicted octanol–water partition coefficient (Wildman–Crippen LogP) is 5.07. The van der Waals surface area contributed by atoms with E-state index in [1.165, 1.54) is 0 Å². The Morgan fingerprint density at radius 1 is 1.06 bits per heavy atom. The Labute approximate surface area is 202 Å². The Bertz CT molecular complexity index is 1390. The molecule has 0 saturated carbocycles. The molecule has 0 unspecified atom stereocenters. The zero-order valence-electron chi connectivity index (χ0n) is 19.9. The Balaban J connectivity index is 1.17. The molecule has 0 bridgehead atoms. The minimum atomic E-state index is -0.401. The number of hydrogen-bond donors (Lipinski definition) is 1. The molecule has 2 aromatic carbocycles. The number of benzene rings is 2. The lowest BCUT2D eigenvalue weighted by molar-refractivity contribution is -0.189. The largest absolute Gasteiger partial charge is 0.493 e. The molecule has 7 nitrogen and oxygen atoms in total. The van der Waals surface area contributed by atoms with Gasteiger partial charge in [0.2, 0.25) is 0 Å². The van der Waals surface area contributed by atoms with Gasteiger partial charge in [0.25, 0.3) is 0 Å². The van der Waals surface area contributed by atoms with Crippen molar-refractivity contribution in [1.82, 2.24) is 14.9 Å². The van der Waals surface area contributed by atoms with Crippen LogP contribution in [0.15, 0.2) is 42.6 Å². The van der Waals surface area contributed by atoms with Crippen LogP contribution in [0.1, 0.15) is 12.1 Å². The number of aromatic nitrogens is 2. The standard InChI is InChI=1S/C27H28FN3O4/c1-17-10-19-20(30-17)4-5-23(26(19)28)35-22-6-7-29-21-12-25(24(32-2)11-18(21)22)34-9-3-8-31-13-27(14-31)15-33-16-27/h4-7,10-12,30H,3,8-9,13-16H2,1-2H3. The molecule has 4 aromatic rings. The maximum atomic E-state index is 15.1. The number of pyridine rings is 1. The van der Waals surface area contributed by atoms with Gasteiger partial charge in [-0.15, -0.1) is 0 Å². The Hall–Kier alpha value is -3.36. The van der Waals surface area contributed by atoms with E-state index in [0.717, 1.165) is 55.9 Å². The number of rotatable bonds is 8. The third-order valence-electron chi connectivity index (χ3n) is 6.85. The number of aryl methyl sites for hydroxylation is 1. The van der Waals surface area contributed by atoms with Crippen LogP contribution in [0.2, 0.25) is 0 Å². The number of ether oxygens (including phenoxy) is 4. The van der Waals surface area contributed by atoms with Crippen LogP contribution in [0.3, 0.4) is 0 Å². The molecule has 8 heteroatoms. The Morgan fingerprint density at radius 3 is 2.69 bits per heavy atom. The molecule has 35 heavy (non-hydrogen) atoms. The highest BCUT2D eigenvalue weighted by Crippen LogP contribution is 2.39. The van der Waals surface area contributed by atoms with Gasteiger partial charge in [-0.1, -0.05) is 0 Å². The maximum absolute atomic E-state index is 15.1. The summed E-state index contributed by atoms with van der Waals surface area (Å²) in [4.78, 5) is 10.1. The monoisotopic (exact) mass is 477 g/mol. The molecule has 2 aliphatic heterocycles. The van der Waals surface area contributed by atoms with Crippen LogP contribution in [-0.4, -0.2) is 61.4 Å². The van der Waals surface area contributed by atoms with Crippen molar-refractivity contribution < 1.29 is 23.3 Å². The lowest BCUT2D eigenvalue weighted by Crippen LogP contribution is -2.65. The van der Waals surface area contributed by atoms with Gasteiger partial charge in [-0.05, 0) is 43.7 Å². The molecule has 0 aliphatic carbocycles. The fourth-order valence-electron chi connectivity index (χ4n) is 5.08. The molecule has 0 amide bonds. The van der Waals surface area contributed by atoms with E-state index >= 15 is 4.39 Å². The molecule has 1 spiro atoms. The van der Waals surface area contributed by atoms with Gasteiger partial charge < -0.3 is 28.8 Å². The van der Waals surface area contributed by atoms with Gasteiger partial charge in [0.15, 0.2) is 23.1 Å². The van der Waals surface area contributed by atoms with E-state index in [2.05, 4.69) is 14.9 Å². The number of methoxy groups -OCH3 is 1. The van der Waals surface area contributed by atoms with Crippen molar-refractivity contribution in [3.05, 3.63) is 54.1 Å². The summed E-state index contributed by atoms with van der Waals surface area (Å²) in [6.07, 6.45) is 2.57. The number of nitrogens with zero attached hydrogens (tertiary/aromatic N) is 2. The van der Waals surface area contributed by atoms with Gasteiger partial charge in [0.1, 0.15) is 5.75 Å². The number of hydrogen-bond acceptors (Lipinski definition) is 6. The second kappa shape index (κ2) is 8.70. The average molecular weight is 478 g/mol. The van der Waals surface area contributed by atoms with Crippen molar-refractivity contribution in [1.29, 1.82) is 0 Å². The highest BCUT2D eigenvalue weighted by molar-refractivity contribution is 5.89. The molecule has 2 fully saturated rings. The van der Waals surface area contributed by atoms with Crippen LogP contribution >= 0.6 is 0 Å². The van der Waals surface area contributed by atoms with Crippen LogP contribution in [-0.2, 0) is 4.74 Å². The SMILES string of the molecule is COc1cc2c(Oc3ccc4[nH]c(C)cc4c3F)ccnc2cc1OCCCN1CC2(COC2)C1. The van der Waals surface area contributed by atoms with Crippen LogP contribution in [0.5, 0.6) is 23.0 Å². The molecular weight excluding hydrogens is 449 g/mol. The summed E-state index contributed by atoms with van der Waals surface area (Å²) >= 11 is 0. The van der Waals surface area contributed by atoms with E-state index in [-0.39, 0.29) is 5.75 Å². The number of halogens is 1. The summed E-state index contributed by atoms with van der Waals surface area (Å²) in [6, 6.07) is 10.6. The van der Waals surface area contributed by atoms with Crippen molar-refractivity contribution in [3.63, 3.8) is 0 Å². The minimum Gasteiger partial charge on any atom is -0.493 e. The summed E-state index contributed by atoms with van der Waals surface area (Å²) in [5, 5.41) is 1.22. The molecule has 1 N–H and O–H groups in total. The molecule has 0 atom stereocenters. The number of likely N-dealkylation sites (tertiary alicyclic amines) is 1. The molecule has 182 valence electrons. The third-order valence-corrected chi connectivity index (χ3v) is 6.85. The van der Waals surface area contributed by atoms with E-state index < -0.39 is 5.82 Å². The highest BCUT2D eigenvalue weighted by atomic mass is 19.1. The van der Waals surface area contributed by atoms with Crippen molar-refractivity contribution >= 4 is 21.8 Å². The molecule has 4 heterocycles. The summed E-state index contributed by atoms with van der Waals surface area (Å²) in [7, 11) is 1.60. The molecule has 2 aromatic heterocycles. The van der Waals surface area contributed by atoms with Crippen molar-refractivity contribution in [2.24, 2.45) is 5.41 Å². The van der Waals surface area contributed by atoms with Gasteiger partial charge in [-0.2, -0.15) is 0 Å². The Kier molecular flexibility index (Phi) is 5.50. The number of fused-ring (bicyclic) bond motifs is 2. The molecular formula is C27H28FN3O4.